The summed E-state index contributed by atoms with van der Waals surface area (Å²) in [6.07, 6.45) is -4.38. The lowest BCUT2D eigenvalue weighted by Crippen LogP contribution is -2.13. The number of benzene rings is 2. The zero-order valence-corrected chi connectivity index (χ0v) is 17.2. The Morgan fingerprint density at radius 2 is 1.96 bits per heavy atom. The van der Waals surface area contributed by atoms with Gasteiger partial charge >= 0.3 is 6.18 Å². The van der Waals surface area contributed by atoms with Gasteiger partial charge in [0.2, 0.25) is 0 Å². The Bertz CT molecular complexity index is 1040. The molecule has 0 aliphatic carbocycles. The van der Waals surface area contributed by atoms with Gasteiger partial charge in [-0.3, -0.25) is 0 Å². The van der Waals surface area contributed by atoms with E-state index in [1.165, 1.54) is 6.07 Å². The molecule has 0 unspecified atom stereocenters. The Hall–Kier alpha value is -2.09. The molecule has 0 radical (unpaired) electrons. The first-order valence-corrected chi connectivity index (χ1v) is 9.62. The normalized spacial score (nSPS) is 12.0. The maximum absolute atomic E-state index is 12.9. The van der Waals surface area contributed by atoms with Crippen molar-refractivity contribution in [2.24, 2.45) is 0 Å². The standard InChI is InChI=1S/C20H19ClF3N3S/c1-11-13(10-27(3)4)7-15(21)9-16(11)12(2)25-19-26-17-6-5-14(20(22,23)24)8-18(17)28-19/h5-9H,2,10H2,1,3-4H3,(H,25,26). The highest BCUT2D eigenvalue weighted by Gasteiger charge is 2.30. The Morgan fingerprint density at radius 1 is 1.25 bits per heavy atom. The summed E-state index contributed by atoms with van der Waals surface area (Å²) in [6, 6.07) is 7.27. The van der Waals surface area contributed by atoms with Gasteiger partial charge in [-0.05, 0) is 62.5 Å². The molecule has 148 valence electrons. The average molecular weight is 426 g/mol. The van der Waals surface area contributed by atoms with E-state index in [0.717, 1.165) is 46.7 Å². The van der Waals surface area contributed by atoms with E-state index in [2.05, 4.69) is 16.9 Å². The predicted molar refractivity (Wildman–Crippen MR) is 111 cm³/mol. The predicted octanol–water partition coefficient (Wildman–Crippen LogP) is 6.42. The fraction of sp³-hybridized carbons (Fsp3) is 0.250. The summed E-state index contributed by atoms with van der Waals surface area (Å²) in [7, 11) is 3.95. The van der Waals surface area contributed by atoms with Crippen LogP contribution in [0.3, 0.4) is 0 Å². The molecule has 3 aromatic rings. The van der Waals surface area contributed by atoms with Crippen LogP contribution in [-0.2, 0) is 12.7 Å². The van der Waals surface area contributed by atoms with Crippen molar-refractivity contribution in [3.63, 3.8) is 0 Å². The van der Waals surface area contributed by atoms with E-state index in [1.807, 2.05) is 38.1 Å². The molecule has 3 nitrogen and oxygen atoms in total. The molecule has 28 heavy (non-hydrogen) atoms. The number of nitrogens with zero attached hydrogens (tertiary/aromatic N) is 2. The van der Waals surface area contributed by atoms with Crippen molar-refractivity contribution in [1.82, 2.24) is 9.88 Å². The quantitative estimate of drug-likeness (QED) is 0.511. The first kappa shape index (κ1) is 20.6. The number of fused-ring (bicyclic) bond motifs is 1. The minimum atomic E-state index is -4.38. The summed E-state index contributed by atoms with van der Waals surface area (Å²) in [5, 5.41) is 4.19. The molecule has 0 aliphatic heterocycles. The number of hydrogen-bond donors (Lipinski definition) is 1. The van der Waals surface area contributed by atoms with Gasteiger partial charge in [0, 0.05) is 22.8 Å². The number of thiazole rings is 1. The number of halogens is 4. The van der Waals surface area contributed by atoms with Gasteiger partial charge in [-0.1, -0.05) is 29.5 Å². The fourth-order valence-corrected chi connectivity index (χ4v) is 4.08. The fourth-order valence-electron chi connectivity index (χ4n) is 2.90. The van der Waals surface area contributed by atoms with E-state index in [-0.39, 0.29) is 0 Å². The second-order valence-electron chi connectivity index (χ2n) is 6.78. The van der Waals surface area contributed by atoms with Gasteiger partial charge in [0.05, 0.1) is 15.8 Å². The monoisotopic (exact) mass is 425 g/mol. The van der Waals surface area contributed by atoms with E-state index in [9.17, 15) is 13.2 Å². The highest BCUT2D eigenvalue weighted by molar-refractivity contribution is 7.22. The molecular formula is C20H19ClF3N3S. The number of alkyl halides is 3. The van der Waals surface area contributed by atoms with Crippen molar-refractivity contribution >= 4 is 44.0 Å². The topological polar surface area (TPSA) is 28.2 Å². The number of aromatic nitrogens is 1. The summed E-state index contributed by atoms with van der Waals surface area (Å²) >= 11 is 7.42. The van der Waals surface area contributed by atoms with E-state index >= 15 is 0 Å². The summed E-state index contributed by atoms with van der Waals surface area (Å²) in [5.74, 6) is 0. The number of nitrogens with one attached hydrogen (secondary N) is 1. The third-order valence-electron chi connectivity index (χ3n) is 4.27. The van der Waals surface area contributed by atoms with Crippen LogP contribution < -0.4 is 5.32 Å². The minimum Gasteiger partial charge on any atom is -0.332 e. The van der Waals surface area contributed by atoms with Gasteiger partial charge in [0.25, 0.3) is 0 Å². The third-order valence-corrected chi connectivity index (χ3v) is 5.42. The second-order valence-corrected chi connectivity index (χ2v) is 8.25. The summed E-state index contributed by atoms with van der Waals surface area (Å²) < 4.78 is 39.2. The molecule has 2 aromatic carbocycles. The van der Waals surface area contributed by atoms with Gasteiger partial charge in [-0.2, -0.15) is 13.2 Å². The summed E-state index contributed by atoms with van der Waals surface area (Å²) in [6.45, 7) is 6.79. The number of hydrogen-bond acceptors (Lipinski definition) is 4. The molecule has 0 bridgehead atoms. The SMILES string of the molecule is C=C(Nc1nc2ccc(C(F)(F)F)cc2s1)c1cc(Cl)cc(CN(C)C)c1C. The van der Waals surface area contributed by atoms with Crippen LogP contribution in [0.2, 0.25) is 5.02 Å². The molecule has 0 fully saturated rings. The molecule has 0 atom stereocenters. The molecule has 3 rings (SSSR count). The van der Waals surface area contributed by atoms with Crippen LogP contribution in [-0.4, -0.2) is 24.0 Å². The highest BCUT2D eigenvalue weighted by Crippen LogP contribution is 2.35. The Balaban J connectivity index is 1.90. The second kappa shape index (κ2) is 7.73. The average Bonchev–Trinajstić information content (AvgIpc) is 2.97. The molecule has 8 heteroatoms. The Labute approximate surface area is 170 Å². The molecule has 0 saturated carbocycles. The van der Waals surface area contributed by atoms with Crippen molar-refractivity contribution < 1.29 is 13.2 Å². The smallest absolute Gasteiger partial charge is 0.332 e. The zero-order chi connectivity index (χ0) is 20.6. The third kappa shape index (κ3) is 4.48. The lowest BCUT2D eigenvalue weighted by atomic mass is 10.00. The van der Waals surface area contributed by atoms with Crippen LogP contribution >= 0.6 is 22.9 Å². The molecular weight excluding hydrogens is 407 g/mol. The van der Waals surface area contributed by atoms with Crippen LogP contribution in [0.4, 0.5) is 18.3 Å². The summed E-state index contributed by atoms with van der Waals surface area (Å²) in [5.41, 5.74) is 3.37. The van der Waals surface area contributed by atoms with Crippen molar-refractivity contribution in [2.75, 3.05) is 19.4 Å². The van der Waals surface area contributed by atoms with E-state index in [1.54, 1.807) is 0 Å². The molecule has 0 amide bonds. The van der Waals surface area contributed by atoms with Crippen molar-refractivity contribution in [3.05, 3.63) is 64.2 Å². The number of rotatable bonds is 5. The molecule has 1 aromatic heterocycles. The maximum atomic E-state index is 12.9. The van der Waals surface area contributed by atoms with Crippen molar-refractivity contribution in [3.8, 4) is 0 Å². The number of anilines is 1. The van der Waals surface area contributed by atoms with E-state index in [4.69, 9.17) is 11.6 Å². The molecule has 1 heterocycles. The lowest BCUT2D eigenvalue weighted by molar-refractivity contribution is -0.137. The van der Waals surface area contributed by atoms with Crippen LogP contribution in [0.5, 0.6) is 0 Å². The van der Waals surface area contributed by atoms with Gasteiger partial charge in [-0.25, -0.2) is 4.98 Å². The van der Waals surface area contributed by atoms with Gasteiger partial charge < -0.3 is 10.2 Å². The Kier molecular flexibility index (Phi) is 5.70. The largest absolute Gasteiger partial charge is 0.416 e. The van der Waals surface area contributed by atoms with Gasteiger partial charge in [-0.15, -0.1) is 0 Å². The van der Waals surface area contributed by atoms with E-state index < -0.39 is 11.7 Å². The first-order chi connectivity index (χ1) is 13.0. The summed E-state index contributed by atoms with van der Waals surface area (Å²) in [4.78, 5) is 6.41. The van der Waals surface area contributed by atoms with E-state index in [0.29, 0.717) is 26.1 Å². The molecule has 0 aliphatic rings. The van der Waals surface area contributed by atoms with Crippen LogP contribution in [0.15, 0.2) is 36.9 Å². The lowest BCUT2D eigenvalue weighted by Gasteiger charge is -2.17. The maximum Gasteiger partial charge on any atom is 0.416 e. The molecule has 1 N–H and O–H groups in total. The highest BCUT2D eigenvalue weighted by atomic mass is 35.5. The van der Waals surface area contributed by atoms with Crippen LogP contribution in [0, 0.1) is 6.92 Å². The molecule has 0 saturated heterocycles. The van der Waals surface area contributed by atoms with Crippen molar-refractivity contribution in [1.29, 1.82) is 0 Å². The van der Waals surface area contributed by atoms with Crippen LogP contribution in [0.1, 0.15) is 22.3 Å². The van der Waals surface area contributed by atoms with Crippen molar-refractivity contribution in [2.45, 2.75) is 19.6 Å². The van der Waals surface area contributed by atoms with Gasteiger partial charge in [0.15, 0.2) is 5.13 Å². The minimum absolute atomic E-state index is 0.459. The van der Waals surface area contributed by atoms with Crippen LogP contribution in [0.25, 0.3) is 15.9 Å². The van der Waals surface area contributed by atoms with Gasteiger partial charge in [0.1, 0.15) is 0 Å². The zero-order valence-electron chi connectivity index (χ0n) is 15.6. The molecule has 0 spiro atoms. The Morgan fingerprint density at radius 3 is 2.61 bits per heavy atom. The first-order valence-electron chi connectivity index (χ1n) is 8.42.